The van der Waals surface area contributed by atoms with Crippen LogP contribution in [0.5, 0.6) is 0 Å². The SMILES string of the molecule is OCCCNc1nc(NCc2cccc3ccccc23)c2ncn(C3O[C@H](CO)[C@@H](O)[C@H]3O)c2n1. The lowest BCUT2D eigenvalue weighted by Gasteiger charge is -2.17. The molecule has 4 aromatic rings. The van der Waals surface area contributed by atoms with Crippen molar-refractivity contribution in [1.29, 1.82) is 0 Å². The van der Waals surface area contributed by atoms with Gasteiger partial charge < -0.3 is 35.8 Å². The van der Waals surface area contributed by atoms with Gasteiger partial charge in [-0.1, -0.05) is 42.5 Å². The second-order valence-electron chi connectivity index (χ2n) is 8.44. The van der Waals surface area contributed by atoms with Crippen LogP contribution in [0, 0.1) is 0 Å². The summed E-state index contributed by atoms with van der Waals surface area (Å²) in [5.41, 5.74) is 1.95. The molecule has 0 bridgehead atoms. The predicted octanol–water partition coefficient (Wildman–Crippen LogP) is 0.997. The first kappa shape index (κ1) is 23.4. The van der Waals surface area contributed by atoms with Gasteiger partial charge in [-0.05, 0) is 22.8 Å². The lowest BCUT2D eigenvalue weighted by molar-refractivity contribution is -0.0511. The molecule has 184 valence electrons. The Bertz CT molecular complexity index is 1310. The van der Waals surface area contributed by atoms with E-state index in [-0.39, 0.29) is 6.61 Å². The number of hydrogen-bond donors (Lipinski definition) is 6. The summed E-state index contributed by atoms with van der Waals surface area (Å²) in [6.45, 7) is 0.557. The van der Waals surface area contributed by atoms with Gasteiger partial charge in [0.15, 0.2) is 23.2 Å². The summed E-state index contributed by atoms with van der Waals surface area (Å²) < 4.78 is 7.21. The molecule has 1 unspecified atom stereocenters. The molecule has 1 fully saturated rings. The third-order valence-corrected chi connectivity index (χ3v) is 6.16. The summed E-state index contributed by atoms with van der Waals surface area (Å²) in [5, 5.41) is 48.0. The highest BCUT2D eigenvalue weighted by molar-refractivity contribution is 5.87. The Morgan fingerprint density at radius 1 is 0.971 bits per heavy atom. The summed E-state index contributed by atoms with van der Waals surface area (Å²) >= 11 is 0. The number of nitrogens with one attached hydrogen (secondary N) is 2. The summed E-state index contributed by atoms with van der Waals surface area (Å²) in [7, 11) is 0. The van der Waals surface area contributed by atoms with E-state index in [0.29, 0.717) is 42.4 Å². The molecule has 0 saturated carbocycles. The Kier molecular flexibility index (Phi) is 6.75. The lowest BCUT2D eigenvalue weighted by atomic mass is 10.0. The van der Waals surface area contributed by atoms with E-state index in [0.717, 1.165) is 16.3 Å². The van der Waals surface area contributed by atoms with Gasteiger partial charge in [0.2, 0.25) is 5.95 Å². The maximum absolute atomic E-state index is 10.5. The van der Waals surface area contributed by atoms with Crippen LogP contribution in [0.1, 0.15) is 18.2 Å². The van der Waals surface area contributed by atoms with E-state index in [2.05, 4.69) is 43.8 Å². The zero-order valence-corrected chi connectivity index (χ0v) is 18.9. The summed E-state index contributed by atoms with van der Waals surface area (Å²) in [6, 6.07) is 14.3. The Balaban J connectivity index is 1.50. The Labute approximate surface area is 201 Å². The van der Waals surface area contributed by atoms with E-state index in [1.54, 1.807) is 0 Å². The Hall–Kier alpha value is -3.35. The number of fused-ring (bicyclic) bond motifs is 2. The summed E-state index contributed by atoms with van der Waals surface area (Å²) in [5.74, 6) is 0.805. The standard InChI is InChI=1S/C24H28N6O5/c31-10-4-9-25-24-28-21(26-11-15-7-3-6-14-5-1-2-8-16(14)15)18-22(29-24)30(13-27-18)23-20(34)19(33)17(12-32)35-23/h1-3,5-8,13,17,19-20,23,31-34H,4,9-12H2,(H2,25,26,28,29)/t17-,19-,20-,23?/m1/s1. The maximum atomic E-state index is 10.5. The minimum absolute atomic E-state index is 0.0297. The van der Waals surface area contributed by atoms with Crippen molar-refractivity contribution in [2.45, 2.75) is 37.5 Å². The van der Waals surface area contributed by atoms with Gasteiger partial charge in [0.25, 0.3) is 0 Å². The van der Waals surface area contributed by atoms with Crippen molar-refractivity contribution in [2.75, 3.05) is 30.4 Å². The van der Waals surface area contributed by atoms with Crippen LogP contribution in [0.3, 0.4) is 0 Å². The third-order valence-electron chi connectivity index (χ3n) is 6.16. The van der Waals surface area contributed by atoms with E-state index >= 15 is 0 Å². The third kappa shape index (κ3) is 4.51. The van der Waals surface area contributed by atoms with Crippen LogP contribution in [-0.4, -0.2) is 78.0 Å². The first-order valence-electron chi connectivity index (χ1n) is 11.5. The number of ether oxygens (including phenoxy) is 1. The molecule has 1 saturated heterocycles. The van der Waals surface area contributed by atoms with Crippen LogP contribution in [0.2, 0.25) is 0 Å². The highest BCUT2D eigenvalue weighted by Crippen LogP contribution is 2.33. The zero-order valence-electron chi connectivity index (χ0n) is 18.9. The number of benzene rings is 2. The minimum atomic E-state index is -1.27. The van der Waals surface area contributed by atoms with Crippen molar-refractivity contribution in [2.24, 2.45) is 0 Å². The van der Waals surface area contributed by atoms with E-state index < -0.39 is 31.1 Å². The van der Waals surface area contributed by atoms with Gasteiger partial charge in [-0.15, -0.1) is 0 Å². The first-order valence-corrected chi connectivity index (χ1v) is 11.5. The minimum Gasteiger partial charge on any atom is -0.396 e. The molecule has 1 aliphatic rings. The summed E-state index contributed by atoms with van der Waals surface area (Å²) in [6.07, 6.45) is -2.40. The van der Waals surface area contributed by atoms with Gasteiger partial charge in [0, 0.05) is 19.7 Å². The average molecular weight is 481 g/mol. The molecule has 0 amide bonds. The number of rotatable bonds is 9. The van der Waals surface area contributed by atoms with Crippen molar-refractivity contribution in [3.8, 4) is 0 Å². The molecule has 3 heterocycles. The first-order chi connectivity index (χ1) is 17.1. The lowest BCUT2D eigenvalue weighted by Crippen LogP contribution is -2.33. The number of aliphatic hydroxyl groups excluding tert-OH is 4. The highest BCUT2D eigenvalue weighted by Gasteiger charge is 2.44. The van der Waals surface area contributed by atoms with Crippen LogP contribution in [-0.2, 0) is 11.3 Å². The largest absolute Gasteiger partial charge is 0.396 e. The second-order valence-corrected chi connectivity index (χ2v) is 8.44. The van der Waals surface area contributed by atoms with Crippen molar-refractivity contribution in [3.63, 3.8) is 0 Å². The second kappa shape index (κ2) is 10.1. The highest BCUT2D eigenvalue weighted by atomic mass is 16.6. The Morgan fingerprint density at radius 2 is 1.80 bits per heavy atom. The molecule has 2 aromatic carbocycles. The average Bonchev–Trinajstić information content (AvgIpc) is 3.43. The normalized spacial score (nSPS) is 22.2. The molecule has 35 heavy (non-hydrogen) atoms. The molecule has 11 heteroatoms. The van der Waals surface area contributed by atoms with Gasteiger partial charge in [-0.2, -0.15) is 9.97 Å². The van der Waals surface area contributed by atoms with Crippen molar-refractivity contribution in [3.05, 3.63) is 54.4 Å². The fourth-order valence-electron chi connectivity index (χ4n) is 4.32. The van der Waals surface area contributed by atoms with Crippen molar-refractivity contribution < 1.29 is 25.2 Å². The van der Waals surface area contributed by atoms with Crippen molar-refractivity contribution >= 4 is 33.7 Å². The molecule has 6 N–H and O–H groups in total. The van der Waals surface area contributed by atoms with Gasteiger partial charge in [0.1, 0.15) is 18.3 Å². The summed E-state index contributed by atoms with van der Waals surface area (Å²) in [4.78, 5) is 13.6. The smallest absolute Gasteiger partial charge is 0.226 e. The van der Waals surface area contributed by atoms with Gasteiger partial charge in [-0.3, -0.25) is 4.57 Å². The number of aromatic nitrogens is 4. The maximum Gasteiger partial charge on any atom is 0.226 e. The zero-order chi connectivity index (χ0) is 24.4. The molecule has 2 aromatic heterocycles. The molecule has 4 atom stereocenters. The number of aliphatic hydroxyl groups is 4. The van der Waals surface area contributed by atoms with E-state index in [1.807, 2.05) is 24.3 Å². The number of anilines is 2. The quantitative estimate of drug-likeness (QED) is 0.191. The van der Waals surface area contributed by atoms with Gasteiger partial charge in [-0.25, -0.2) is 4.98 Å². The molecule has 0 radical (unpaired) electrons. The molecule has 5 rings (SSSR count). The molecular weight excluding hydrogens is 452 g/mol. The fourth-order valence-corrected chi connectivity index (χ4v) is 4.32. The van der Waals surface area contributed by atoms with E-state index in [4.69, 9.17) is 9.84 Å². The molecule has 0 aliphatic carbocycles. The molecule has 0 spiro atoms. The van der Waals surface area contributed by atoms with Gasteiger partial charge >= 0.3 is 0 Å². The number of hydrogen-bond acceptors (Lipinski definition) is 10. The van der Waals surface area contributed by atoms with E-state index in [1.165, 1.54) is 10.9 Å². The fraction of sp³-hybridized carbons (Fsp3) is 0.375. The van der Waals surface area contributed by atoms with Crippen LogP contribution in [0.25, 0.3) is 21.9 Å². The predicted molar refractivity (Wildman–Crippen MR) is 130 cm³/mol. The molecule has 1 aliphatic heterocycles. The Morgan fingerprint density at radius 3 is 2.60 bits per heavy atom. The molecule has 11 nitrogen and oxygen atoms in total. The van der Waals surface area contributed by atoms with Crippen LogP contribution < -0.4 is 10.6 Å². The monoisotopic (exact) mass is 480 g/mol. The van der Waals surface area contributed by atoms with Crippen LogP contribution >= 0.6 is 0 Å². The van der Waals surface area contributed by atoms with Crippen molar-refractivity contribution in [1.82, 2.24) is 19.5 Å². The number of nitrogens with zero attached hydrogens (tertiary/aromatic N) is 4. The van der Waals surface area contributed by atoms with Crippen LogP contribution in [0.15, 0.2) is 48.8 Å². The van der Waals surface area contributed by atoms with Gasteiger partial charge in [0.05, 0.1) is 12.9 Å². The topological polar surface area (TPSA) is 158 Å². The number of imidazole rings is 1. The van der Waals surface area contributed by atoms with E-state index in [9.17, 15) is 15.3 Å². The molecular formula is C24H28N6O5. The van der Waals surface area contributed by atoms with Crippen LogP contribution in [0.4, 0.5) is 11.8 Å².